The zero-order chi connectivity index (χ0) is 21.7. The van der Waals surface area contributed by atoms with Crippen LogP contribution in [-0.4, -0.2) is 37.6 Å². The van der Waals surface area contributed by atoms with Gasteiger partial charge < -0.3 is 20.3 Å². The van der Waals surface area contributed by atoms with Crippen LogP contribution in [0.1, 0.15) is 39.7 Å². The minimum atomic E-state index is -0.648. The highest BCUT2D eigenvalue weighted by Gasteiger charge is 2.31. The summed E-state index contributed by atoms with van der Waals surface area (Å²) in [5.74, 6) is 0.320. The first-order valence-corrected chi connectivity index (χ1v) is 10.5. The molecule has 6 nitrogen and oxygen atoms in total. The number of fused-ring (bicyclic) bond motifs is 1. The first-order valence-electron chi connectivity index (χ1n) is 10.5. The third-order valence-corrected chi connectivity index (χ3v) is 5.07. The summed E-state index contributed by atoms with van der Waals surface area (Å²) in [5, 5.41) is 5.83. The molecule has 0 radical (unpaired) electrons. The second-order valence-electron chi connectivity index (χ2n) is 8.62. The van der Waals surface area contributed by atoms with E-state index in [0.29, 0.717) is 18.8 Å². The van der Waals surface area contributed by atoms with E-state index in [0.717, 1.165) is 17.8 Å². The largest absolute Gasteiger partial charge is 0.477 e. The van der Waals surface area contributed by atoms with E-state index in [1.54, 1.807) is 0 Å². The number of hydrogen-bond donors (Lipinski definition) is 2. The van der Waals surface area contributed by atoms with Crippen LogP contribution < -0.4 is 20.3 Å². The van der Waals surface area contributed by atoms with E-state index in [4.69, 9.17) is 4.74 Å². The molecule has 1 heterocycles. The Labute approximate surface area is 178 Å². The number of amides is 2. The van der Waals surface area contributed by atoms with Crippen molar-refractivity contribution in [2.45, 2.75) is 45.6 Å². The van der Waals surface area contributed by atoms with Crippen molar-refractivity contribution >= 4 is 23.2 Å². The van der Waals surface area contributed by atoms with Crippen LogP contribution in [-0.2, 0) is 15.0 Å². The van der Waals surface area contributed by atoms with Crippen LogP contribution in [0.25, 0.3) is 0 Å². The zero-order valence-electron chi connectivity index (χ0n) is 18.2. The first kappa shape index (κ1) is 21.7. The lowest BCUT2D eigenvalue weighted by Gasteiger charge is -2.35. The third-order valence-electron chi connectivity index (χ3n) is 5.07. The van der Waals surface area contributed by atoms with Gasteiger partial charge in [0.1, 0.15) is 5.75 Å². The van der Waals surface area contributed by atoms with Crippen LogP contribution in [0.2, 0.25) is 0 Å². The van der Waals surface area contributed by atoms with E-state index in [2.05, 4.69) is 31.4 Å². The molecule has 0 spiro atoms. The summed E-state index contributed by atoms with van der Waals surface area (Å²) in [4.78, 5) is 27.1. The molecule has 30 heavy (non-hydrogen) atoms. The van der Waals surface area contributed by atoms with Crippen LogP contribution in [0.4, 0.5) is 11.4 Å². The SMILES string of the molecule is CCCNC(=O)[C@@H]1CN(CC(=O)Nc2ccc(C(C)(C)C)cc2)c2ccccc2O1. The number of nitrogens with zero attached hydrogens (tertiary/aromatic N) is 1. The molecular weight excluding hydrogens is 378 g/mol. The average Bonchev–Trinajstić information content (AvgIpc) is 2.71. The second kappa shape index (κ2) is 9.20. The molecule has 0 aromatic heterocycles. The molecule has 1 aliphatic rings. The molecule has 0 unspecified atom stereocenters. The second-order valence-corrected chi connectivity index (χ2v) is 8.62. The van der Waals surface area contributed by atoms with Crippen molar-refractivity contribution in [2.24, 2.45) is 0 Å². The summed E-state index contributed by atoms with van der Waals surface area (Å²) in [6.07, 6.45) is 0.208. The van der Waals surface area contributed by atoms with Crippen LogP contribution in [0, 0.1) is 0 Å². The number of hydrogen-bond acceptors (Lipinski definition) is 4. The standard InChI is InChI=1S/C24H31N3O3/c1-5-14-25-23(29)21-15-27(19-8-6-7-9-20(19)30-21)16-22(28)26-18-12-10-17(11-13-18)24(2,3)4/h6-13,21H,5,14-16H2,1-4H3,(H,25,29)(H,26,28)/t21-/m0/s1. The van der Waals surface area contributed by atoms with Crippen molar-refractivity contribution in [3.05, 3.63) is 54.1 Å². The van der Waals surface area contributed by atoms with Gasteiger partial charge in [-0.2, -0.15) is 0 Å². The quantitative estimate of drug-likeness (QED) is 0.763. The Morgan fingerprint density at radius 2 is 1.80 bits per heavy atom. The Hall–Kier alpha value is -3.02. The van der Waals surface area contributed by atoms with Crippen molar-refractivity contribution < 1.29 is 14.3 Å². The van der Waals surface area contributed by atoms with Gasteiger partial charge in [-0.25, -0.2) is 0 Å². The highest BCUT2D eigenvalue weighted by atomic mass is 16.5. The van der Waals surface area contributed by atoms with Gasteiger partial charge in [0.15, 0.2) is 6.10 Å². The van der Waals surface area contributed by atoms with Gasteiger partial charge in [0.2, 0.25) is 5.91 Å². The molecule has 2 aromatic rings. The number of nitrogens with one attached hydrogen (secondary N) is 2. The van der Waals surface area contributed by atoms with Gasteiger partial charge in [-0.1, -0.05) is 52.0 Å². The number of benzene rings is 2. The van der Waals surface area contributed by atoms with Crippen molar-refractivity contribution in [2.75, 3.05) is 29.9 Å². The van der Waals surface area contributed by atoms with Gasteiger partial charge in [0, 0.05) is 12.2 Å². The van der Waals surface area contributed by atoms with Gasteiger partial charge in [-0.15, -0.1) is 0 Å². The predicted molar refractivity (Wildman–Crippen MR) is 120 cm³/mol. The highest BCUT2D eigenvalue weighted by molar-refractivity contribution is 5.95. The summed E-state index contributed by atoms with van der Waals surface area (Å²) < 4.78 is 5.88. The number of ether oxygens (including phenoxy) is 1. The lowest BCUT2D eigenvalue weighted by Crippen LogP contribution is -2.50. The Morgan fingerprint density at radius 3 is 2.47 bits per heavy atom. The highest BCUT2D eigenvalue weighted by Crippen LogP contribution is 2.33. The van der Waals surface area contributed by atoms with Gasteiger partial charge in [-0.05, 0) is 41.7 Å². The Kier molecular flexibility index (Phi) is 6.65. The Morgan fingerprint density at radius 1 is 1.10 bits per heavy atom. The molecule has 0 saturated heterocycles. The van der Waals surface area contributed by atoms with E-state index in [1.807, 2.05) is 60.4 Å². The van der Waals surface area contributed by atoms with E-state index in [1.165, 1.54) is 5.56 Å². The summed E-state index contributed by atoms with van der Waals surface area (Å²) in [7, 11) is 0. The monoisotopic (exact) mass is 409 g/mol. The fraction of sp³-hybridized carbons (Fsp3) is 0.417. The summed E-state index contributed by atoms with van der Waals surface area (Å²) in [6.45, 7) is 9.53. The van der Waals surface area contributed by atoms with Crippen molar-refractivity contribution in [1.82, 2.24) is 5.32 Å². The normalized spacial score (nSPS) is 15.7. The van der Waals surface area contributed by atoms with Gasteiger partial charge in [0.05, 0.1) is 18.8 Å². The third kappa shape index (κ3) is 5.32. The lowest BCUT2D eigenvalue weighted by atomic mass is 9.87. The molecule has 0 bridgehead atoms. The molecule has 0 fully saturated rings. The average molecular weight is 410 g/mol. The maximum absolute atomic E-state index is 12.7. The minimum Gasteiger partial charge on any atom is -0.477 e. The number of carbonyl (C=O) groups is 2. The fourth-order valence-corrected chi connectivity index (χ4v) is 3.38. The molecule has 0 saturated carbocycles. The Bertz CT molecular complexity index is 887. The molecule has 2 aromatic carbocycles. The lowest BCUT2D eigenvalue weighted by molar-refractivity contribution is -0.128. The topological polar surface area (TPSA) is 70.7 Å². The zero-order valence-corrected chi connectivity index (χ0v) is 18.2. The number of carbonyl (C=O) groups excluding carboxylic acids is 2. The number of rotatable bonds is 6. The smallest absolute Gasteiger partial charge is 0.262 e. The van der Waals surface area contributed by atoms with Crippen molar-refractivity contribution in [3.63, 3.8) is 0 Å². The van der Waals surface area contributed by atoms with Crippen LogP contribution in [0.3, 0.4) is 0 Å². The number of anilines is 2. The van der Waals surface area contributed by atoms with E-state index in [-0.39, 0.29) is 23.8 Å². The van der Waals surface area contributed by atoms with Crippen LogP contribution >= 0.6 is 0 Å². The summed E-state index contributed by atoms with van der Waals surface area (Å²) in [5.41, 5.74) is 2.85. The van der Waals surface area contributed by atoms with Gasteiger partial charge in [0.25, 0.3) is 5.91 Å². The van der Waals surface area contributed by atoms with E-state index in [9.17, 15) is 9.59 Å². The molecule has 1 aliphatic heterocycles. The molecule has 0 aliphatic carbocycles. The maximum Gasteiger partial charge on any atom is 0.262 e. The molecule has 1 atom stereocenters. The van der Waals surface area contributed by atoms with Crippen molar-refractivity contribution in [3.8, 4) is 5.75 Å². The van der Waals surface area contributed by atoms with E-state index < -0.39 is 6.10 Å². The van der Waals surface area contributed by atoms with Gasteiger partial charge in [-0.3, -0.25) is 9.59 Å². The Balaban J connectivity index is 1.69. The number of para-hydroxylation sites is 2. The summed E-state index contributed by atoms with van der Waals surface area (Å²) in [6, 6.07) is 15.4. The van der Waals surface area contributed by atoms with Crippen LogP contribution in [0.15, 0.2) is 48.5 Å². The molecule has 2 N–H and O–H groups in total. The maximum atomic E-state index is 12.7. The molecule has 6 heteroatoms. The van der Waals surface area contributed by atoms with Crippen molar-refractivity contribution in [1.29, 1.82) is 0 Å². The van der Waals surface area contributed by atoms with Crippen LogP contribution in [0.5, 0.6) is 5.75 Å². The predicted octanol–water partition coefficient (Wildman–Crippen LogP) is 3.72. The van der Waals surface area contributed by atoms with Gasteiger partial charge >= 0.3 is 0 Å². The minimum absolute atomic E-state index is 0.0629. The molecule has 2 amide bonds. The van der Waals surface area contributed by atoms with E-state index >= 15 is 0 Å². The fourth-order valence-electron chi connectivity index (χ4n) is 3.38. The molecular formula is C24H31N3O3. The summed E-state index contributed by atoms with van der Waals surface area (Å²) >= 11 is 0. The first-order chi connectivity index (χ1) is 14.3. The molecule has 160 valence electrons. The molecule has 3 rings (SSSR count).